The van der Waals surface area contributed by atoms with Crippen LogP contribution in [0.4, 0.5) is 0 Å². The lowest BCUT2D eigenvalue weighted by Crippen LogP contribution is -2.27. The fraction of sp³-hybridized carbons (Fsp3) is 0.533. The van der Waals surface area contributed by atoms with Gasteiger partial charge in [0.05, 0.1) is 0 Å². The minimum Gasteiger partial charge on any atom is -0.479 e. The van der Waals surface area contributed by atoms with Crippen molar-refractivity contribution in [2.24, 2.45) is 0 Å². The third kappa shape index (κ3) is 4.24. The second kappa shape index (κ2) is 7.79. The van der Waals surface area contributed by atoms with Gasteiger partial charge >= 0.3 is 5.97 Å². The molecule has 0 bridgehead atoms. The first-order valence-electron chi connectivity index (χ1n) is 6.85. The molecule has 0 aliphatic rings. The smallest absolute Gasteiger partial charge is 0.344 e. The molecule has 4 heteroatoms. The van der Waals surface area contributed by atoms with E-state index in [1.165, 1.54) is 0 Å². The Bertz CT molecular complexity index is 406. The van der Waals surface area contributed by atoms with Crippen LogP contribution in [0.25, 0.3) is 0 Å². The number of carboxylic acid groups (broad SMARTS) is 1. The number of para-hydroxylation sites is 1. The molecule has 1 aromatic carbocycles. The average molecular weight is 265 g/mol. The van der Waals surface area contributed by atoms with E-state index in [2.05, 4.69) is 19.2 Å². The van der Waals surface area contributed by atoms with Crippen LogP contribution in [0.15, 0.2) is 24.3 Å². The highest BCUT2D eigenvalue weighted by atomic mass is 16.5. The lowest BCUT2D eigenvalue weighted by molar-refractivity contribution is -0.145. The van der Waals surface area contributed by atoms with Gasteiger partial charge < -0.3 is 15.2 Å². The number of ether oxygens (including phenoxy) is 1. The second-order valence-corrected chi connectivity index (χ2v) is 4.41. The molecule has 2 N–H and O–H groups in total. The second-order valence-electron chi connectivity index (χ2n) is 4.41. The van der Waals surface area contributed by atoms with Crippen LogP contribution in [0.5, 0.6) is 5.75 Å². The van der Waals surface area contributed by atoms with Crippen LogP contribution < -0.4 is 10.1 Å². The van der Waals surface area contributed by atoms with Crippen LogP contribution in [-0.4, -0.2) is 23.7 Å². The standard InChI is InChI=1S/C15H23NO3/c1-4-12(16-6-3)11-9-7-8-10-14(11)19-13(5-2)15(17)18/h7-10,12-13,16H,4-6H2,1-3H3,(H,17,18). The summed E-state index contributed by atoms with van der Waals surface area (Å²) in [4.78, 5) is 11.1. The van der Waals surface area contributed by atoms with Crippen molar-refractivity contribution >= 4 is 5.97 Å². The van der Waals surface area contributed by atoms with Crippen molar-refractivity contribution < 1.29 is 14.6 Å². The third-order valence-corrected chi connectivity index (χ3v) is 3.07. The maximum atomic E-state index is 11.1. The van der Waals surface area contributed by atoms with Gasteiger partial charge in [-0.05, 0) is 25.5 Å². The summed E-state index contributed by atoms with van der Waals surface area (Å²) >= 11 is 0. The summed E-state index contributed by atoms with van der Waals surface area (Å²) in [6, 6.07) is 7.82. The maximum absolute atomic E-state index is 11.1. The Balaban J connectivity index is 2.97. The molecule has 0 saturated carbocycles. The number of benzene rings is 1. The van der Waals surface area contributed by atoms with Gasteiger partial charge in [0, 0.05) is 11.6 Å². The summed E-state index contributed by atoms with van der Waals surface area (Å²) in [5.74, 6) is -0.265. The van der Waals surface area contributed by atoms with E-state index in [9.17, 15) is 4.79 Å². The molecule has 0 spiro atoms. The van der Waals surface area contributed by atoms with Crippen molar-refractivity contribution in [2.75, 3.05) is 6.54 Å². The fourth-order valence-electron chi connectivity index (χ4n) is 2.06. The zero-order valence-electron chi connectivity index (χ0n) is 11.8. The average Bonchev–Trinajstić information content (AvgIpc) is 2.42. The van der Waals surface area contributed by atoms with Crippen molar-refractivity contribution in [2.45, 2.75) is 45.8 Å². The van der Waals surface area contributed by atoms with Gasteiger partial charge in [-0.15, -0.1) is 0 Å². The Morgan fingerprint density at radius 2 is 1.95 bits per heavy atom. The van der Waals surface area contributed by atoms with Gasteiger partial charge in [-0.3, -0.25) is 0 Å². The minimum atomic E-state index is -0.922. The van der Waals surface area contributed by atoms with Crippen LogP contribution in [-0.2, 0) is 4.79 Å². The Kier molecular flexibility index (Phi) is 6.36. The fourth-order valence-corrected chi connectivity index (χ4v) is 2.06. The molecular formula is C15H23NO3. The van der Waals surface area contributed by atoms with Gasteiger partial charge in [0.1, 0.15) is 5.75 Å². The highest BCUT2D eigenvalue weighted by molar-refractivity contribution is 5.72. The SMILES string of the molecule is CCNC(CC)c1ccccc1OC(CC)C(=O)O. The third-order valence-electron chi connectivity index (χ3n) is 3.07. The summed E-state index contributed by atoms with van der Waals surface area (Å²) in [6.45, 7) is 6.82. The summed E-state index contributed by atoms with van der Waals surface area (Å²) in [5.41, 5.74) is 1.02. The molecule has 0 heterocycles. The number of rotatable bonds is 8. The van der Waals surface area contributed by atoms with Gasteiger partial charge in [-0.25, -0.2) is 4.79 Å². The Labute approximate surface area is 114 Å². The van der Waals surface area contributed by atoms with E-state index in [0.29, 0.717) is 12.2 Å². The predicted octanol–water partition coefficient (Wildman–Crippen LogP) is 2.99. The molecule has 106 valence electrons. The quantitative estimate of drug-likeness (QED) is 0.758. The number of hydrogen-bond acceptors (Lipinski definition) is 3. The number of carboxylic acids is 1. The maximum Gasteiger partial charge on any atom is 0.344 e. The minimum absolute atomic E-state index is 0.188. The van der Waals surface area contributed by atoms with Crippen molar-refractivity contribution in [3.8, 4) is 5.75 Å². The van der Waals surface area contributed by atoms with Crippen LogP contribution in [0.1, 0.15) is 45.2 Å². The lowest BCUT2D eigenvalue weighted by atomic mass is 10.0. The van der Waals surface area contributed by atoms with Crippen molar-refractivity contribution in [1.82, 2.24) is 5.32 Å². The zero-order valence-corrected chi connectivity index (χ0v) is 11.8. The van der Waals surface area contributed by atoms with Crippen molar-refractivity contribution in [1.29, 1.82) is 0 Å². The molecule has 1 rings (SSSR count). The Morgan fingerprint density at radius 1 is 1.26 bits per heavy atom. The Morgan fingerprint density at radius 3 is 2.47 bits per heavy atom. The molecule has 0 aliphatic carbocycles. The topological polar surface area (TPSA) is 58.6 Å². The van der Waals surface area contributed by atoms with E-state index in [0.717, 1.165) is 18.5 Å². The van der Waals surface area contributed by atoms with E-state index in [1.807, 2.05) is 31.2 Å². The molecule has 4 nitrogen and oxygen atoms in total. The molecule has 19 heavy (non-hydrogen) atoms. The van der Waals surface area contributed by atoms with Gasteiger partial charge in [-0.1, -0.05) is 39.0 Å². The number of carbonyl (C=O) groups is 1. The van der Waals surface area contributed by atoms with Crippen LogP contribution in [0, 0.1) is 0 Å². The van der Waals surface area contributed by atoms with Gasteiger partial charge in [-0.2, -0.15) is 0 Å². The molecule has 0 radical (unpaired) electrons. The highest BCUT2D eigenvalue weighted by Gasteiger charge is 2.20. The zero-order chi connectivity index (χ0) is 14.3. The van der Waals surface area contributed by atoms with E-state index in [-0.39, 0.29) is 6.04 Å². The monoisotopic (exact) mass is 265 g/mol. The summed E-state index contributed by atoms with van der Waals surface area (Å²) in [7, 11) is 0. The molecule has 0 aromatic heterocycles. The summed E-state index contributed by atoms with van der Waals surface area (Å²) in [6.07, 6.45) is 0.583. The van der Waals surface area contributed by atoms with Gasteiger partial charge in [0.15, 0.2) is 6.10 Å². The van der Waals surface area contributed by atoms with E-state index in [1.54, 1.807) is 0 Å². The van der Waals surface area contributed by atoms with Crippen LogP contribution >= 0.6 is 0 Å². The molecule has 2 unspecified atom stereocenters. The normalized spacial score (nSPS) is 13.8. The largest absolute Gasteiger partial charge is 0.479 e. The van der Waals surface area contributed by atoms with E-state index < -0.39 is 12.1 Å². The highest BCUT2D eigenvalue weighted by Crippen LogP contribution is 2.28. The van der Waals surface area contributed by atoms with E-state index in [4.69, 9.17) is 9.84 Å². The number of aliphatic carboxylic acids is 1. The van der Waals surface area contributed by atoms with Crippen molar-refractivity contribution in [3.05, 3.63) is 29.8 Å². The predicted molar refractivity (Wildman–Crippen MR) is 75.5 cm³/mol. The molecule has 2 atom stereocenters. The van der Waals surface area contributed by atoms with Gasteiger partial charge in [0.2, 0.25) is 0 Å². The molecule has 0 aliphatic heterocycles. The molecule has 0 fully saturated rings. The lowest BCUT2D eigenvalue weighted by Gasteiger charge is -2.22. The van der Waals surface area contributed by atoms with E-state index >= 15 is 0 Å². The first-order valence-corrected chi connectivity index (χ1v) is 6.85. The molecule has 0 amide bonds. The molecule has 0 saturated heterocycles. The van der Waals surface area contributed by atoms with Gasteiger partial charge in [0.25, 0.3) is 0 Å². The Hall–Kier alpha value is -1.55. The first-order chi connectivity index (χ1) is 9.13. The molecule has 1 aromatic rings. The number of nitrogens with one attached hydrogen (secondary N) is 1. The summed E-state index contributed by atoms with van der Waals surface area (Å²) in [5, 5.41) is 12.5. The first kappa shape index (κ1) is 15.5. The summed E-state index contributed by atoms with van der Waals surface area (Å²) < 4.78 is 5.65. The van der Waals surface area contributed by atoms with Crippen LogP contribution in [0.3, 0.4) is 0 Å². The van der Waals surface area contributed by atoms with Crippen molar-refractivity contribution in [3.63, 3.8) is 0 Å². The molecular weight excluding hydrogens is 242 g/mol. The van der Waals surface area contributed by atoms with Crippen LogP contribution in [0.2, 0.25) is 0 Å². The number of hydrogen-bond donors (Lipinski definition) is 2.